The van der Waals surface area contributed by atoms with E-state index in [0.717, 1.165) is 6.42 Å². The standard InChI is InChI=1S/C8H16O2.C4H8O2/c1-7(2)5(9)8(3,4)6(7)10;5-4(6)2-1-3-4/h5-6,9-10H,1-4H3;5-6H,1-3H2. The molecule has 2 rings (SSSR count). The number of hydrogen-bond donors (Lipinski definition) is 4. The van der Waals surface area contributed by atoms with Crippen LogP contribution in [0.25, 0.3) is 0 Å². The summed E-state index contributed by atoms with van der Waals surface area (Å²) in [4.78, 5) is 0. The lowest BCUT2D eigenvalue weighted by Crippen LogP contribution is -2.67. The van der Waals surface area contributed by atoms with Crippen molar-refractivity contribution in [3.05, 3.63) is 0 Å². The summed E-state index contributed by atoms with van der Waals surface area (Å²) in [5, 5.41) is 36.0. The highest BCUT2D eigenvalue weighted by molar-refractivity contribution is 5.09. The van der Waals surface area contributed by atoms with Gasteiger partial charge in [0, 0.05) is 23.7 Å². The van der Waals surface area contributed by atoms with Crippen molar-refractivity contribution in [2.75, 3.05) is 0 Å². The molecule has 0 atom stereocenters. The first-order chi connectivity index (χ1) is 7.02. The van der Waals surface area contributed by atoms with Gasteiger partial charge in [0.15, 0.2) is 5.79 Å². The van der Waals surface area contributed by atoms with E-state index in [0.29, 0.717) is 12.8 Å². The van der Waals surface area contributed by atoms with Crippen molar-refractivity contribution in [3.63, 3.8) is 0 Å². The minimum atomic E-state index is -1.28. The van der Waals surface area contributed by atoms with Crippen LogP contribution in [0.15, 0.2) is 0 Å². The summed E-state index contributed by atoms with van der Waals surface area (Å²) in [6.07, 6.45) is 1.33. The van der Waals surface area contributed by atoms with Crippen molar-refractivity contribution in [1.82, 2.24) is 0 Å². The first-order valence-electron chi connectivity index (χ1n) is 5.83. The van der Waals surface area contributed by atoms with Crippen molar-refractivity contribution >= 4 is 0 Å². The molecule has 4 N–H and O–H groups in total. The summed E-state index contributed by atoms with van der Waals surface area (Å²) in [5.41, 5.74) is -0.632. The van der Waals surface area contributed by atoms with Crippen LogP contribution in [0, 0.1) is 10.8 Å². The van der Waals surface area contributed by atoms with E-state index in [1.807, 2.05) is 27.7 Å². The minimum absolute atomic E-state index is 0.316. The van der Waals surface area contributed by atoms with E-state index in [1.165, 1.54) is 0 Å². The van der Waals surface area contributed by atoms with Gasteiger partial charge in [-0.25, -0.2) is 0 Å². The molecule has 0 bridgehead atoms. The molecule has 0 unspecified atom stereocenters. The smallest absolute Gasteiger partial charge is 0.162 e. The molecule has 0 heterocycles. The third-order valence-electron chi connectivity index (χ3n) is 3.97. The van der Waals surface area contributed by atoms with Gasteiger partial charge in [0.2, 0.25) is 0 Å². The van der Waals surface area contributed by atoms with Gasteiger partial charge in [0.05, 0.1) is 12.2 Å². The van der Waals surface area contributed by atoms with Crippen molar-refractivity contribution in [3.8, 4) is 0 Å². The molecule has 2 saturated carbocycles. The van der Waals surface area contributed by atoms with Crippen LogP contribution in [-0.4, -0.2) is 38.4 Å². The van der Waals surface area contributed by atoms with Crippen LogP contribution in [0.3, 0.4) is 0 Å². The van der Waals surface area contributed by atoms with E-state index >= 15 is 0 Å². The molecule has 2 aliphatic rings. The third-order valence-corrected chi connectivity index (χ3v) is 3.97. The van der Waals surface area contributed by atoms with Gasteiger partial charge in [-0.3, -0.25) is 0 Å². The summed E-state index contributed by atoms with van der Waals surface area (Å²) in [7, 11) is 0. The summed E-state index contributed by atoms with van der Waals surface area (Å²) < 4.78 is 0. The topological polar surface area (TPSA) is 80.9 Å². The molecule has 2 fully saturated rings. The van der Waals surface area contributed by atoms with Gasteiger partial charge in [0.25, 0.3) is 0 Å². The predicted molar refractivity (Wildman–Crippen MR) is 60.6 cm³/mol. The van der Waals surface area contributed by atoms with Crippen LogP contribution in [0.1, 0.15) is 47.0 Å². The SMILES string of the molecule is CC1(C)C(O)C(C)(C)C1O.OC1(O)CCC1. The van der Waals surface area contributed by atoms with E-state index in [9.17, 15) is 10.2 Å². The second kappa shape index (κ2) is 3.95. The number of aliphatic hydroxyl groups is 4. The number of hydrogen-bond acceptors (Lipinski definition) is 4. The zero-order chi connectivity index (χ0) is 12.8. The van der Waals surface area contributed by atoms with Gasteiger partial charge in [-0.15, -0.1) is 0 Å². The van der Waals surface area contributed by atoms with Crippen LogP contribution in [0.2, 0.25) is 0 Å². The van der Waals surface area contributed by atoms with Gasteiger partial charge in [0.1, 0.15) is 0 Å². The Morgan fingerprint density at radius 2 is 1.06 bits per heavy atom. The summed E-state index contributed by atoms with van der Waals surface area (Å²) in [6, 6.07) is 0. The van der Waals surface area contributed by atoms with Crippen LogP contribution in [0.4, 0.5) is 0 Å². The minimum Gasteiger partial charge on any atom is -0.392 e. The Kier molecular flexibility index (Phi) is 3.43. The van der Waals surface area contributed by atoms with E-state index in [4.69, 9.17) is 10.2 Å². The van der Waals surface area contributed by atoms with Gasteiger partial charge in [-0.2, -0.15) is 0 Å². The van der Waals surface area contributed by atoms with Crippen molar-refractivity contribution in [1.29, 1.82) is 0 Å². The van der Waals surface area contributed by atoms with Gasteiger partial charge >= 0.3 is 0 Å². The molecule has 0 aromatic carbocycles. The fourth-order valence-electron chi connectivity index (χ4n) is 2.61. The van der Waals surface area contributed by atoms with E-state index < -0.39 is 5.79 Å². The molecule has 0 saturated heterocycles. The Morgan fingerprint density at radius 1 is 0.812 bits per heavy atom. The highest BCUT2D eigenvalue weighted by Crippen LogP contribution is 2.53. The quantitative estimate of drug-likeness (QED) is 0.462. The molecule has 96 valence electrons. The lowest BCUT2D eigenvalue weighted by atomic mass is 9.51. The maximum atomic E-state index is 9.51. The molecule has 0 radical (unpaired) electrons. The first-order valence-corrected chi connectivity index (χ1v) is 5.83. The van der Waals surface area contributed by atoms with Crippen molar-refractivity contribution in [2.45, 2.75) is 65.0 Å². The molecule has 2 aliphatic carbocycles. The van der Waals surface area contributed by atoms with Crippen LogP contribution in [0.5, 0.6) is 0 Å². The predicted octanol–water partition coefficient (Wildman–Crippen LogP) is 0.625. The fourth-order valence-corrected chi connectivity index (χ4v) is 2.61. The average Bonchev–Trinajstić information content (AvgIpc) is 2.14. The zero-order valence-corrected chi connectivity index (χ0v) is 10.6. The molecule has 0 aliphatic heterocycles. The lowest BCUT2D eigenvalue weighted by molar-refractivity contribution is -0.247. The number of rotatable bonds is 0. The van der Waals surface area contributed by atoms with Gasteiger partial charge < -0.3 is 20.4 Å². The van der Waals surface area contributed by atoms with Crippen LogP contribution >= 0.6 is 0 Å². The molecule has 0 aromatic heterocycles. The van der Waals surface area contributed by atoms with E-state index in [-0.39, 0.29) is 23.0 Å². The second-order valence-corrected chi connectivity index (χ2v) is 6.28. The largest absolute Gasteiger partial charge is 0.392 e. The Bertz CT molecular complexity index is 222. The molecule has 4 nitrogen and oxygen atoms in total. The normalized spacial score (nSPS) is 37.5. The highest BCUT2D eigenvalue weighted by atomic mass is 16.5. The molecule has 0 aromatic rings. The summed E-state index contributed by atoms with van der Waals surface area (Å²) >= 11 is 0. The maximum Gasteiger partial charge on any atom is 0.162 e. The fraction of sp³-hybridized carbons (Fsp3) is 1.00. The lowest BCUT2D eigenvalue weighted by Gasteiger charge is -2.59. The maximum absolute atomic E-state index is 9.51. The van der Waals surface area contributed by atoms with E-state index in [2.05, 4.69) is 0 Å². The molecular formula is C12H24O4. The van der Waals surface area contributed by atoms with Gasteiger partial charge in [-0.05, 0) is 6.42 Å². The number of aliphatic hydroxyl groups excluding tert-OH is 2. The van der Waals surface area contributed by atoms with Crippen LogP contribution < -0.4 is 0 Å². The van der Waals surface area contributed by atoms with Gasteiger partial charge in [-0.1, -0.05) is 27.7 Å². The molecular weight excluding hydrogens is 208 g/mol. The first kappa shape index (κ1) is 13.9. The Labute approximate surface area is 96.9 Å². The van der Waals surface area contributed by atoms with Crippen molar-refractivity contribution in [2.24, 2.45) is 10.8 Å². The summed E-state index contributed by atoms with van der Waals surface area (Å²) in [5.74, 6) is -1.28. The van der Waals surface area contributed by atoms with Crippen molar-refractivity contribution < 1.29 is 20.4 Å². The molecule has 4 heteroatoms. The summed E-state index contributed by atoms with van der Waals surface area (Å²) in [6.45, 7) is 7.53. The van der Waals surface area contributed by atoms with Crippen LogP contribution in [-0.2, 0) is 0 Å². The highest BCUT2D eigenvalue weighted by Gasteiger charge is 2.60. The Balaban J connectivity index is 0.000000181. The molecule has 0 spiro atoms. The average molecular weight is 232 g/mol. The molecule has 0 amide bonds. The second-order valence-electron chi connectivity index (χ2n) is 6.28. The molecule has 16 heavy (non-hydrogen) atoms. The third kappa shape index (κ3) is 2.25. The zero-order valence-electron chi connectivity index (χ0n) is 10.6. The Hall–Kier alpha value is -0.160. The van der Waals surface area contributed by atoms with E-state index in [1.54, 1.807) is 0 Å². The Morgan fingerprint density at radius 3 is 1.12 bits per heavy atom. The monoisotopic (exact) mass is 232 g/mol.